The Morgan fingerprint density at radius 1 is 1.16 bits per heavy atom. The molecule has 0 radical (unpaired) electrons. The molecule has 2 atom stereocenters. The summed E-state index contributed by atoms with van der Waals surface area (Å²) in [5, 5.41) is 26.2. The van der Waals surface area contributed by atoms with Gasteiger partial charge in [-0.15, -0.1) is 0 Å². The molecule has 1 saturated carbocycles. The van der Waals surface area contributed by atoms with Gasteiger partial charge in [0.1, 0.15) is 0 Å². The summed E-state index contributed by atoms with van der Waals surface area (Å²) in [6.45, 7) is 0. The molecule has 0 aromatic heterocycles. The molecular weight excluding hydrogens is 345 g/mol. The third kappa shape index (κ3) is 3.04. The van der Waals surface area contributed by atoms with Crippen molar-refractivity contribution in [3.8, 4) is 0 Å². The van der Waals surface area contributed by atoms with Gasteiger partial charge in [-0.05, 0) is 18.8 Å². The Kier molecular flexibility index (Phi) is 3.93. The predicted octanol–water partition coefficient (Wildman–Crippen LogP) is 3.89. The molecule has 0 spiro atoms. The summed E-state index contributed by atoms with van der Waals surface area (Å²) in [6.07, 6.45) is 0.406. The van der Waals surface area contributed by atoms with Crippen LogP contribution >= 0.6 is 0 Å². The quantitative estimate of drug-likeness (QED) is 0.500. The Morgan fingerprint density at radius 2 is 1.76 bits per heavy atom. The summed E-state index contributed by atoms with van der Waals surface area (Å²) in [6, 6.07) is 0.520. The minimum atomic E-state index is -4.95. The van der Waals surface area contributed by atoms with Crippen molar-refractivity contribution in [2.75, 3.05) is 5.43 Å². The maximum atomic E-state index is 12.8. The smallest absolute Gasteiger partial charge is 0.266 e. The van der Waals surface area contributed by atoms with E-state index in [-0.39, 0.29) is 18.1 Å². The van der Waals surface area contributed by atoms with E-state index in [4.69, 9.17) is 0 Å². The molecule has 0 heterocycles. The molecule has 8 nitrogen and oxygen atoms in total. The van der Waals surface area contributed by atoms with Crippen LogP contribution in [0.4, 0.5) is 30.2 Å². The van der Waals surface area contributed by atoms with Crippen LogP contribution in [0.2, 0.25) is 0 Å². The van der Waals surface area contributed by atoms with Crippen LogP contribution in [-0.2, 0) is 6.18 Å². The van der Waals surface area contributed by atoms with Crippen molar-refractivity contribution in [1.82, 2.24) is 0 Å². The van der Waals surface area contributed by atoms with Crippen molar-refractivity contribution < 1.29 is 23.0 Å². The fourth-order valence-corrected chi connectivity index (χ4v) is 2.97. The molecule has 1 N–H and O–H groups in total. The standard InChI is InChI=1S/C14H11F3N4O4/c15-14(16,17)8-5-11(20(22)23)13(12(6-8)21(24)25)19-18-10-4-7-2-1-3-9(7)10/h1-2,5-7,9,19H,3-4H2/b18-10-/t7-,9+/m0/s1. The second kappa shape index (κ2) is 5.83. The van der Waals surface area contributed by atoms with Crippen molar-refractivity contribution in [3.05, 3.63) is 50.1 Å². The van der Waals surface area contributed by atoms with Gasteiger partial charge in [0.2, 0.25) is 5.69 Å². The molecule has 0 saturated heterocycles. The van der Waals surface area contributed by atoms with Crippen LogP contribution in [0.15, 0.2) is 29.4 Å². The normalized spacial score (nSPS) is 23.2. The van der Waals surface area contributed by atoms with Gasteiger partial charge in [0, 0.05) is 23.8 Å². The summed E-state index contributed by atoms with van der Waals surface area (Å²) < 4.78 is 38.5. The SMILES string of the molecule is O=[N+]([O-])c1cc(C(F)(F)F)cc([N+](=O)[O-])c1N/N=C1/C[C@@H]2C=CC[C@@H]12. The van der Waals surface area contributed by atoms with Gasteiger partial charge in [-0.25, -0.2) is 0 Å². The van der Waals surface area contributed by atoms with Crippen molar-refractivity contribution in [2.24, 2.45) is 16.9 Å². The lowest BCUT2D eigenvalue weighted by atomic mass is 9.74. The molecule has 0 amide bonds. The molecule has 25 heavy (non-hydrogen) atoms. The zero-order chi connectivity index (χ0) is 18.4. The fourth-order valence-electron chi connectivity index (χ4n) is 2.97. The zero-order valence-corrected chi connectivity index (χ0v) is 12.5. The maximum absolute atomic E-state index is 12.8. The van der Waals surface area contributed by atoms with Gasteiger partial charge >= 0.3 is 17.6 Å². The number of nitrogens with zero attached hydrogens (tertiary/aromatic N) is 3. The minimum absolute atomic E-state index is 0.139. The van der Waals surface area contributed by atoms with E-state index in [2.05, 4.69) is 10.5 Å². The molecular formula is C14H11F3N4O4. The van der Waals surface area contributed by atoms with E-state index >= 15 is 0 Å². The van der Waals surface area contributed by atoms with Gasteiger partial charge in [0.25, 0.3) is 0 Å². The largest absolute Gasteiger partial charge is 0.416 e. The molecule has 132 valence electrons. The molecule has 11 heteroatoms. The summed E-state index contributed by atoms with van der Waals surface area (Å²) in [4.78, 5) is 20.0. The first kappa shape index (κ1) is 16.9. The summed E-state index contributed by atoms with van der Waals surface area (Å²) in [5.41, 5.74) is -1.30. The van der Waals surface area contributed by atoms with Crippen LogP contribution < -0.4 is 5.43 Å². The molecule has 0 bridgehead atoms. The van der Waals surface area contributed by atoms with Crippen LogP contribution in [0.25, 0.3) is 0 Å². The second-order valence-corrected chi connectivity index (χ2v) is 5.75. The Labute approximate surface area is 138 Å². The second-order valence-electron chi connectivity index (χ2n) is 5.75. The van der Waals surface area contributed by atoms with Gasteiger partial charge < -0.3 is 0 Å². The molecule has 1 aromatic carbocycles. The average Bonchev–Trinajstić information content (AvgIpc) is 2.86. The Morgan fingerprint density at radius 3 is 2.24 bits per heavy atom. The van der Waals surface area contributed by atoms with Gasteiger partial charge in [0.05, 0.1) is 15.4 Å². The van der Waals surface area contributed by atoms with Crippen LogP contribution in [0.3, 0.4) is 0 Å². The number of hydrogen-bond donors (Lipinski definition) is 1. The highest BCUT2D eigenvalue weighted by Crippen LogP contribution is 2.43. The number of halogens is 3. The number of alkyl halides is 3. The van der Waals surface area contributed by atoms with Crippen molar-refractivity contribution in [3.63, 3.8) is 0 Å². The number of anilines is 1. The molecule has 0 aliphatic heterocycles. The lowest BCUT2D eigenvalue weighted by Crippen LogP contribution is -2.33. The number of fused-ring (bicyclic) bond motifs is 1. The van der Waals surface area contributed by atoms with Crippen molar-refractivity contribution in [2.45, 2.75) is 19.0 Å². The number of rotatable bonds is 4. The highest BCUT2D eigenvalue weighted by Gasteiger charge is 2.40. The van der Waals surface area contributed by atoms with Gasteiger partial charge in [-0.3, -0.25) is 25.7 Å². The molecule has 2 aliphatic carbocycles. The maximum Gasteiger partial charge on any atom is 0.416 e. The van der Waals surface area contributed by atoms with Crippen LogP contribution in [-0.4, -0.2) is 15.6 Å². The first-order valence-corrected chi connectivity index (χ1v) is 7.21. The van der Waals surface area contributed by atoms with E-state index in [1.54, 1.807) is 0 Å². The van der Waals surface area contributed by atoms with Gasteiger partial charge in [0.15, 0.2) is 0 Å². The zero-order valence-electron chi connectivity index (χ0n) is 12.5. The summed E-state index contributed by atoms with van der Waals surface area (Å²) in [7, 11) is 0. The highest BCUT2D eigenvalue weighted by atomic mass is 19.4. The molecule has 1 fully saturated rings. The summed E-state index contributed by atoms with van der Waals surface area (Å²) >= 11 is 0. The molecule has 3 rings (SSSR count). The number of nitro benzene ring substituents is 2. The third-order valence-electron chi connectivity index (χ3n) is 4.29. The van der Waals surface area contributed by atoms with E-state index in [1.165, 1.54) is 0 Å². The van der Waals surface area contributed by atoms with Crippen LogP contribution in [0, 0.1) is 32.1 Å². The predicted molar refractivity (Wildman–Crippen MR) is 81.2 cm³/mol. The van der Waals surface area contributed by atoms with Gasteiger partial charge in [-0.1, -0.05) is 12.2 Å². The molecule has 2 aliphatic rings. The number of hydrogen-bond acceptors (Lipinski definition) is 6. The lowest BCUT2D eigenvalue weighted by molar-refractivity contribution is -0.392. The van der Waals surface area contributed by atoms with Crippen LogP contribution in [0.1, 0.15) is 18.4 Å². The van der Waals surface area contributed by atoms with Crippen molar-refractivity contribution >= 4 is 22.8 Å². The van der Waals surface area contributed by atoms with E-state index in [0.29, 0.717) is 18.1 Å². The van der Waals surface area contributed by atoms with E-state index in [1.807, 2.05) is 12.2 Å². The Balaban J connectivity index is 2.00. The first-order chi connectivity index (χ1) is 11.7. The van der Waals surface area contributed by atoms with E-state index < -0.39 is 38.6 Å². The first-order valence-electron chi connectivity index (χ1n) is 7.21. The molecule has 1 aromatic rings. The minimum Gasteiger partial charge on any atom is -0.266 e. The summed E-state index contributed by atoms with van der Waals surface area (Å²) in [5.74, 6) is 0.471. The van der Waals surface area contributed by atoms with E-state index in [0.717, 1.165) is 6.42 Å². The third-order valence-corrected chi connectivity index (χ3v) is 4.29. The Bertz CT molecular complexity index is 784. The lowest BCUT2D eigenvalue weighted by Gasteiger charge is -2.31. The average molecular weight is 356 g/mol. The highest BCUT2D eigenvalue weighted by molar-refractivity contribution is 5.95. The number of nitro groups is 2. The number of hydrazone groups is 1. The van der Waals surface area contributed by atoms with Crippen molar-refractivity contribution in [1.29, 1.82) is 0 Å². The monoisotopic (exact) mass is 356 g/mol. The topological polar surface area (TPSA) is 111 Å². The van der Waals surface area contributed by atoms with E-state index in [9.17, 15) is 33.4 Å². The van der Waals surface area contributed by atoms with Crippen LogP contribution in [0.5, 0.6) is 0 Å². The number of benzene rings is 1. The molecule has 0 unspecified atom stereocenters. The van der Waals surface area contributed by atoms with Gasteiger partial charge in [-0.2, -0.15) is 18.3 Å². The number of allylic oxidation sites excluding steroid dienone is 2. The fraction of sp³-hybridized carbons (Fsp3) is 0.357. The Hall–Kier alpha value is -2.98. The number of nitrogens with one attached hydrogen (secondary N) is 1.